The molecule has 0 amide bonds. The van der Waals surface area contributed by atoms with Crippen LogP contribution in [0.5, 0.6) is 0 Å². The van der Waals surface area contributed by atoms with Gasteiger partial charge in [0.05, 0.1) is 6.10 Å². The molecule has 1 aliphatic rings. The summed E-state index contributed by atoms with van der Waals surface area (Å²) in [5.41, 5.74) is 4.83. The van der Waals surface area contributed by atoms with Crippen molar-refractivity contribution < 1.29 is 9.53 Å². The highest BCUT2D eigenvalue weighted by Crippen LogP contribution is 2.37. The summed E-state index contributed by atoms with van der Waals surface area (Å²) in [6.07, 6.45) is 3.65. The molecule has 132 valence electrons. The predicted octanol–water partition coefficient (Wildman–Crippen LogP) is 5.10. The van der Waals surface area contributed by atoms with Crippen LogP contribution < -0.4 is 0 Å². The summed E-state index contributed by atoms with van der Waals surface area (Å²) < 4.78 is 6.29. The summed E-state index contributed by atoms with van der Waals surface area (Å²) in [6.45, 7) is 12.2. The Bertz CT molecular complexity index is 727. The van der Waals surface area contributed by atoms with Gasteiger partial charge in [-0.25, -0.2) is 0 Å². The largest absolute Gasteiger partial charge is 0.416 e. The van der Waals surface area contributed by atoms with Crippen LogP contribution in [0.4, 0.5) is 0 Å². The molecular weight excluding hydrogens is 314 g/mol. The average Bonchev–Trinajstić information content (AvgIpc) is 2.86. The van der Waals surface area contributed by atoms with Gasteiger partial charge in [0.25, 0.3) is 0 Å². The SMILES string of the molecule is CC(C)(C)[Si](C)(C)OCCc1cc2cc3c(cc2[nH]1)CCCC3O. The highest BCUT2D eigenvalue weighted by molar-refractivity contribution is 6.74. The fourth-order valence-corrected chi connectivity index (χ4v) is 4.28. The van der Waals surface area contributed by atoms with Crippen molar-refractivity contribution in [3.63, 3.8) is 0 Å². The Labute approximate surface area is 146 Å². The predicted molar refractivity (Wildman–Crippen MR) is 103 cm³/mol. The first-order valence-electron chi connectivity index (χ1n) is 9.14. The van der Waals surface area contributed by atoms with E-state index in [0.717, 1.165) is 37.9 Å². The molecule has 1 aromatic carbocycles. The zero-order chi connectivity index (χ0) is 17.5. The van der Waals surface area contributed by atoms with Crippen molar-refractivity contribution in [1.29, 1.82) is 0 Å². The molecular formula is C20H31NO2Si. The number of hydrogen-bond acceptors (Lipinski definition) is 2. The van der Waals surface area contributed by atoms with E-state index in [1.807, 2.05) is 0 Å². The van der Waals surface area contributed by atoms with Gasteiger partial charge in [-0.15, -0.1) is 0 Å². The maximum absolute atomic E-state index is 10.2. The molecule has 2 N–H and O–H groups in total. The van der Waals surface area contributed by atoms with Gasteiger partial charge in [-0.3, -0.25) is 0 Å². The van der Waals surface area contributed by atoms with Crippen molar-refractivity contribution in [3.05, 3.63) is 35.0 Å². The Morgan fingerprint density at radius 3 is 2.71 bits per heavy atom. The topological polar surface area (TPSA) is 45.2 Å². The molecule has 2 aromatic rings. The van der Waals surface area contributed by atoms with E-state index >= 15 is 0 Å². The van der Waals surface area contributed by atoms with Crippen LogP contribution in [0, 0.1) is 0 Å². The monoisotopic (exact) mass is 345 g/mol. The summed E-state index contributed by atoms with van der Waals surface area (Å²) in [6, 6.07) is 6.61. The van der Waals surface area contributed by atoms with Crippen LogP contribution in [0.2, 0.25) is 18.1 Å². The fraction of sp³-hybridized carbons (Fsp3) is 0.600. The molecule has 0 saturated carbocycles. The van der Waals surface area contributed by atoms with Gasteiger partial charge in [0.15, 0.2) is 8.32 Å². The zero-order valence-corrected chi connectivity index (χ0v) is 16.7. The Morgan fingerprint density at radius 1 is 1.25 bits per heavy atom. The van der Waals surface area contributed by atoms with Gasteiger partial charge in [0.2, 0.25) is 0 Å². The van der Waals surface area contributed by atoms with Crippen molar-refractivity contribution in [2.75, 3.05) is 6.61 Å². The van der Waals surface area contributed by atoms with E-state index in [0.29, 0.717) is 0 Å². The van der Waals surface area contributed by atoms with E-state index in [2.05, 4.69) is 57.0 Å². The van der Waals surface area contributed by atoms with Crippen molar-refractivity contribution in [2.45, 2.75) is 70.7 Å². The number of H-pyrrole nitrogens is 1. The number of aromatic nitrogens is 1. The molecule has 24 heavy (non-hydrogen) atoms. The molecule has 1 aromatic heterocycles. The van der Waals surface area contributed by atoms with Crippen LogP contribution in [0.1, 0.15) is 56.5 Å². The molecule has 3 nitrogen and oxygen atoms in total. The summed E-state index contributed by atoms with van der Waals surface area (Å²) in [4.78, 5) is 3.54. The van der Waals surface area contributed by atoms with E-state index in [1.165, 1.54) is 22.2 Å². The van der Waals surface area contributed by atoms with Gasteiger partial charge in [-0.1, -0.05) is 20.8 Å². The minimum Gasteiger partial charge on any atom is -0.416 e. The summed E-state index contributed by atoms with van der Waals surface area (Å²) in [5, 5.41) is 11.7. The van der Waals surface area contributed by atoms with Crippen molar-refractivity contribution in [2.24, 2.45) is 0 Å². The molecule has 0 fully saturated rings. The number of aliphatic hydroxyl groups is 1. The second-order valence-electron chi connectivity index (χ2n) is 8.70. The third-order valence-corrected chi connectivity index (χ3v) is 10.4. The van der Waals surface area contributed by atoms with Crippen LogP contribution in [-0.4, -0.2) is 25.0 Å². The molecule has 0 bridgehead atoms. The minimum atomic E-state index is -1.68. The van der Waals surface area contributed by atoms with Crippen LogP contribution in [0.3, 0.4) is 0 Å². The van der Waals surface area contributed by atoms with E-state index in [4.69, 9.17) is 4.43 Å². The number of aromatic amines is 1. The normalized spacial score (nSPS) is 18.8. The maximum Gasteiger partial charge on any atom is 0.191 e. The summed E-state index contributed by atoms with van der Waals surface area (Å²) in [7, 11) is -1.68. The van der Waals surface area contributed by atoms with Crippen LogP contribution in [0.15, 0.2) is 18.2 Å². The third kappa shape index (κ3) is 3.46. The van der Waals surface area contributed by atoms with Gasteiger partial charge in [0.1, 0.15) is 0 Å². The maximum atomic E-state index is 10.2. The van der Waals surface area contributed by atoms with Crippen LogP contribution >= 0.6 is 0 Å². The Kier molecular flexibility index (Phi) is 4.66. The Hall–Kier alpha value is -1.10. The number of benzene rings is 1. The van der Waals surface area contributed by atoms with Gasteiger partial charge in [-0.05, 0) is 66.7 Å². The highest BCUT2D eigenvalue weighted by Gasteiger charge is 2.36. The van der Waals surface area contributed by atoms with E-state index in [-0.39, 0.29) is 11.1 Å². The first-order valence-corrected chi connectivity index (χ1v) is 12.0. The van der Waals surface area contributed by atoms with Gasteiger partial charge in [-0.2, -0.15) is 0 Å². The number of fused-ring (bicyclic) bond motifs is 2. The quantitative estimate of drug-likeness (QED) is 0.757. The molecule has 0 saturated heterocycles. The lowest BCUT2D eigenvalue weighted by Crippen LogP contribution is -2.41. The number of aryl methyl sites for hydroxylation is 1. The second-order valence-corrected chi connectivity index (χ2v) is 13.5. The molecule has 1 unspecified atom stereocenters. The van der Waals surface area contributed by atoms with Crippen LogP contribution in [0.25, 0.3) is 10.9 Å². The van der Waals surface area contributed by atoms with Crippen molar-refractivity contribution in [1.82, 2.24) is 4.98 Å². The average molecular weight is 346 g/mol. The third-order valence-electron chi connectivity index (χ3n) is 5.86. The smallest absolute Gasteiger partial charge is 0.191 e. The van der Waals surface area contributed by atoms with Crippen molar-refractivity contribution in [3.8, 4) is 0 Å². The summed E-state index contributed by atoms with van der Waals surface area (Å²) in [5.74, 6) is 0. The Morgan fingerprint density at radius 2 is 2.00 bits per heavy atom. The minimum absolute atomic E-state index is 0.253. The molecule has 0 radical (unpaired) electrons. The molecule has 1 heterocycles. The van der Waals surface area contributed by atoms with Gasteiger partial charge in [0, 0.05) is 29.6 Å². The molecule has 1 atom stereocenters. The standard InChI is InChI=1S/C20H31NO2Si/c1-20(2,3)24(4,5)23-10-9-16-11-15-12-17-14(13-18(15)21-16)7-6-8-19(17)22/h11-13,19,21-22H,6-10H2,1-5H3. The summed E-state index contributed by atoms with van der Waals surface area (Å²) >= 11 is 0. The fourth-order valence-electron chi connectivity index (χ4n) is 3.24. The number of rotatable bonds is 4. The number of aliphatic hydroxyl groups excluding tert-OH is 1. The molecule has 1 aliphatic carbocycles. The second kappa shape index (κ2) is 6.32. The molecule has 0 aliphatic heterocycles. The molecule has 0 spiro atoms. The van der Waals surface area contributed by atoms with Crippen LogP contribution in [-0.2, 0) is 17.3 Å². The first-order chi connectivity index (χ1) is 11.2. The van der Waals surface area contributed by atoms with Gasteiger partial charge < -0.3 is 14.5 Å². The van der Waals surface area contributed by atoms with E-state index in [1.54, 1.807) is 0 Å². The number of hydrogen-bond donors (Lipinski definition) is 2. The lowest BCUT2D eigenvalue weighted by atomic mass is 9.88. The van der Waals surface area contributed by atoms with E-state index in [9.17, 15) is 5.11 Å². The van der Waals surface area contributed by atoms with Crippen molar-refractivity contribution >= 4 is 19.2 Å². The van der Waals surface area contributed by atoms with E-state index < -0.39 is 8.32 Å². The van der Waals surface area contributed by atoms with Gasteiger partial charge >= 0.3 is 0 Å². The lowest BCUT2D eigenvalue weighted by Gasteiger charge is -2.36. The Balaban J connectivity index is 1.73. The lowest BCUT2D eigenvalue weighted by molar-refractivity contribution is 0.157. The number of nitrogens with one attached hydrogen (secondary N) is 1. The highest BCUT2D eigenvalue weighted by atomic mass is 28.4. The molecule has 3 rings (SSSR count). The first kappa shape index (κ1) is 17.7. The zero-order valence-electron chi connectivity index (χ0n) is 15.7. The molecule has 4 heteroatoms.